The van der Waals surface area contributed by atoms with Crippen LogP contribution in [0.2, 0.25) is 0 Å². The number of thioether (sulfide) groups is 2. The second-order valence-corrected chi connectivity index (χ2v) is 7.00. The number of carbonyl (C=O) groups is 1. The van der Waals surface area contributed by atoms with Gasteiger partial charge in [-0.1, -0.05) is 12.1 Å². The lowest BCUT2D eigenvalue weighted by Crippen LogP contribution is -2.44. The van der Waals surface area contributed by atoms with Crippen molar-refractivity contribution in [1.29, 1.82) is 0 Å². The zero-order valence-corrected chi connectivity index (χ0v) is 14.1. The number of rotatable bonds is 6. The van der Waals surface area contributed by atoms with Gasteiger partial charge in [0.15, 0.2) is 0 Å². The number of hydrogen-bond acceptors (Lipinski definition) is 4. The molecule has 21 heavy (non-hydrogen) atoms. The molecular weight excluding hydrogens is 302 g/mol. The van der Waals surface area contributed by atoms with Crippen LogP contribution in [-0.4, -0.2) is 42.9 Å². The Balaban J connectivity index is 1.84. The number of carbonyl (C=O) groups excluding carboxylic acids is 1. The predicted molar refractivity (Wildman–Crippen MR) is 91.9 cm³/mol. The minimum Gasteiger partial charge on any atom is -0.376 e. The minimum atomic E-state index is -0.186. The van der Waals surface area contributed by atoms with Crippen LogP contribution in [0.3, 0.4) is 0 Å². The van der Waals surface area contributed by atoms with E-state index < -0.39 is 0 Å². The maximum absolute atomic E-state index is 11.9. The molecule has 0 aliphatic carbocycles. The molecule has 1 unspecified atom stereocenters. The van der Waals surface area contributed by atoms with Gasteiger partial charge in [-0.3, -0.25) is 4.79 Å². The van der Waals surface area contributed by atoms with E-state index in [-0.39, 0.29) is 11.5 Å². The highest BCUT2D eigenvalue weighted by Crippen LogP contribution is 2.30. The minimum absolute atomic E-state index is 0.0720. The largest absolute Gasteiger partial charge is 0.376 e. The van der Waals surface area contributed by atoms with Crippen LogP contribution >= 0.6 is 23.5 Å². The monoisotopic (exact) mass is 323 g/mol. The van der Waals surface area contributed by atoms with E-state index >= 15 is 0 Å². The van der Waals surface area contributed by atoms with Crippen molar-refractivity contribution in [3.8, 4) is 0 Å². The van der Waals surface area contributed by atoms with E-state index in [9.17, 15) is 4.79 Å². The average molecular weight is 323 g/mol. The van der Waals surface area contributed by atoms with Gasteiger partial charge in [0.1, 0.15) is 0 Å². The summed E-state index contributed by atoms with van der Waals surface area (Å²) in [5, 5.41) is 2.94. The van der Waals surface area contributed by atoms with Crippen LogP contribution in [-0.2, 0) is 9.53 Å². The van der Waals surface area contributed by atoms with E-state index in [1.54, 1.807) is 24.9 Å². The lowest BCUT2D eigenvalue weighted by molar-refractivity contribution is -0.117. The predicted octanol–water partition coefficient (Wildman–Crippen LogP) is 3.06. The van der Waals surface area contributed by atoms with Crippen LogP contribution in [0.15, 0.2) is 35.2 Å². The molecule has 1 amide bonds. The Bertz CT molecular complexity index is 494. The van der Waals surface area contributed by atoms with E-state index in [0.717, 1.165) is 23.5 Å². The Labute approximate surface area is 134 Å². The van der Waals surface area contributed by atoms with Gasteiger partial charge >= 0.3 is 0 Å². The molecule has 0 bridgehead atoms. The Morgan fingerprint density at radius 1 is 1.48 bits per heavy atom. The Morgan fingerprint density at radius 3 is 2.81 bits per heavy atom. The molecule has 2 rings (SSSR count). The van der Waals surface area contributed by atoms with Gasteiger partial charge in [0, 0.05) is 30.4 Å². The summed E-state index contributed by atoms with van der Waals surface area (Å²) in [4.78, 5) is 13.1. The molecule has 1 aromatic carbocycles. The number of amides is 1. The first kappa shape index (κ1) is 16.5. The van der Waals surface area contributed by atoms with Gasteiger partial charge in [-0.05, 0) is 42.2 Å². The van der Waals surface area contributed by atoms with Crippen molar-refractivity contribution >= 4 is 35.5 Å². The van der Waals surface area contributed by atoms with Crippen molar-refractivity contribution in [2.75, 3.05) is 31.4 Å². The molecule has 1 aliphatic rings. The second kappa shape index (κ2) is 7.92. The Morgan fingerprint density at radius 2 is 2.24 bits per heavy atom. The molecule has 0 saturated carbocycles. The van der Waals surface area contributed by atoms with Crippen LogP contribution in [0, 0.1) is 0 Å². The van der Waals surface area contributed by atoms with Gasteiger partial charge in [0.05, 0.1) is 5.60 Å². The molecule has 0 spiro atoms. The molecule has 1 N–H and O–H groups in total. The number of methoxy groups -OCH3 is 1. The van der Waals surface area contributed by atoms with Crippen LogP contribution in [0.5, 0.6) is 0 Å². The zero-order valence-electron chi connectivity index (χ0n) is 12.4. The Kier molecular flexibility index (Phi) is 6.21. The van der Waals surface area contributed by atoms with Crippen molar-refractivity contribution in [1.82, 2.24) is 5.32 Å². The molecule has 0 radical (unpaired) electrons. The van der Waals surface area contributed by atoms with Gasteiger partial charge in [-0.2, -0.15) is 11.8 Å². The fraction of sp³-hybridized carbons (Fsp3) is 0.438. The highest BCUT2D eigenvalue weighted by molar-refractivity contribution is 7.99. The maximum atomic E-state index is 11.9. The molecule has 3 nitrogen and oxygen atoms in total. The lowest BCUT2D eigenvalue weighted by Gasteiger charge is -2.26. The van der Waals surface area contributed by atoms with Crippen molar-refractivity contribution in [2.45, 2.75) is 16.9 Å². The van der Waals surface area contributed by atoms with Gasteiger partial charge in [0.2, 0.25) is 5.91 Å². The second-order valence-electron chi connectivity index (χ2n) is 5.01. The fourth-order valence-electron chi connectivity index (χ4n) is 2.16. The van der Waals surface area contributed by atoms with Crippen molar-refractivity contribution < 1.29 is 9.53 Å². The molecule has 1 heterocycles. The van der Waals surface area contributed by atoms with E-state index in [4.69, 9.17) is 4.74 Å². The summed E-state index contributed by atoms with van der Waals surface area (Å²) in [6, 6.07) is 8.13. The normalized spacial score (nSPS) is 21.8. The molecule has 0 aromatic heterocycles. The molecular formula is C16H21NO2S2. The summed E-state index contributed by atoms with van der Waals surface area (Å²) in [5.41, 5.74) is 0.842. The van der Waals surface area contributed by atoms with Crippen LogP contribution in [0.4, 0.5) is 0 Å². The maximum Gasteiger partial charge on any atom is 0.244 e. The lowest BCUT2D eigenvalue weighted by atomic mass is 10.0. The van der Waals surface area contributed by atoms with Crippen LogP contribution in [0.1, 0.15) is 12.0 Å². The van der Waals surface area contributed by atoms with Crippen molar-refractivity contribution in [2.24, 2.45) is 0 Å². The standard InChI is InChI=1S/C16H21NO2S2/c1-19-16(9-10-21-12-16)11-17-15(18)8-5-13-3-6-14(20-2)7-4-13/h3-8H,9-12H2,1-2H3,(H,17,18). The first-order chi connectivity index (χ1) is 10.2. The number of nitrogens with one attached hydrogen (secondary N) is 1. The first-order valence-corrected chi connectivity index (χ1v) is 9.28. The molecule has 1 aromatic rings. The molecule has 1 fully saturated rings. The van der Waals surface area contributed by atoms with E-state index in [1.807, 2.05) is 36.2 Å². The Hall–Kier alpha value is -0.910. The topological polar surface area (TPSA) is 38.3 Å². The quantitative estimate of drug-likeness (QED) is 0.645. The molecule has 5 heteroatoms. The highest BCUT2D eigenvalue weighted by atomic mass is 32.2. The van der Waals surface area contributed by atoms with E-state index in [1.165, 1.54) is 4.90 Å². The average Bonchev–Trinajstić information content (AvgIpc) is 3.01. The summed E-state index contributed by atoms with van der Waals surface area (Å²) >= 11 is 3.58. The zero-order chi connectivity index (χ0) is 15.1. The van der Waals surface area contributed by atoms with E-state index in [0.29, 0.717) is 6.54 Å². The molecule has 114 valence electrons. The van der Waals surface area contributed by atoms with Crippen molar-refractivity contribution in [3.63, 3.8) is 0 Å². The third kappa shape index (κ3) is 4.80. The SMILES string of the molecule is COC1(CNC(=O)C=Cc2ccc(SC)cc2)CCSC1. The molecule has 1 atom stereocenters. The molecule has 1 aliphatic heterocycles. The number of ether oxygens (including phenoxy) is 1. The van der Waals surface area contributed by atoms with Crippen molar-refractivity contribution in [3.05, 3.63) is 35.9 Å². The first-order valence-electron chi connectivity index (χ1n) is 6.90. The smallest absolute Gasteiger partial charge is 0.244 e. The summed E-state index contributed by atoms with van der Waals surface area (Å²) < 4.78 is 5.58. The van der Waals surface area contributed by atoms with Crippen LogP contribution < -0.4 is 5.32 Å². The van der Waals surface area contributed by atoms with Gasteiger partial charge in [-0.15, -0.1) is 11.8 Å². The fourth-order valence-corrected chi connectivity index (χ4v) is 3.96. The third-order valence-corrected chi connectivity index (χ3v) is 5.59. The summed E-state index contributed by atoms with van der Waals surface area (Å²) in [7, 11) is 1.72. The number of benzene rings is 1. The highest BCUT2D eigenvalue weighted by Gasteiger charge is 2.34. The van der Waals surface area contributed by atoms with Gasteiger partial charge < -0.3 is 10.1 Å². The third-order valence-electron chi connectivity index (χ3n) is 3.63. The summed E-state index contributed by atoms with van der Waals surface area (Å²) in [5.74, 6) is 1.97. The summed E-state index contributed by atoms with van der Waals surface area (Å²) in [6.07, 6.45) is 6.46. The van der Waals surface area contributed by atoms with Gasteiger partial charge in [-0.25, -0.2) is 0 Å². The summed E-state index contributed by atoms with van der Waals surface area (Å²) in [6.45, 7) is 0.574. The van der Waals surface area contributed by atoms with E-state index in [2.05, 4.69) is 17.4 Å². The number of hydrogen-bond donors (Lipinski definition) is 1. The molecule has 1 saturated heterocycles. The van der Waals surface area contributed by atoms with Gasteiger partial charge in [0.25, 0.3) is 0 Å². The van der Waals surface area contributed by atoms with Crippen LogP contribution in [0.25, 0.3) is 6.08 Å².